The van der Waals surface area contributed by atoms with Crippen LogP contribution in [0.1, 0.15) is 0 Å². The minimum absolute atomic E-state index is 0.574. The fourth-order valence-electron chi connectivity index (χ4n) is 10.0. The number of hydrogen-bond acceptors (Lipinski definition) is 5. The molecule has 0 aliphatic heterocycles. The Balaban J connectivity index is 1.16. The van der Waals surface area contributed by atoms with E-state index in [0.29, 0.717) is 17.5 Å². The van der Waals surface area contributed by atoms with E-state index < -0.39 is 0 Å². The summed E-state index contributed by atoms with van der Waals surface area (Å²) in [6.07, 6.45) is 0. The molecule has 0 saturated heterocycles. The highest BCUT2D eigenvalue weighted by Gasteiger charge is 2.26. The fourth-order valence-corrected chi connectivity index (χ4v) is 11.2. The molecule has 10 aromatic carbocycles. The first-order chi connectivity index (χ1) is 31.2. The maximum absolute atomic E-state index is 6.68. The van der Waals surface area contributed by atoms with Crippen molar-refractivity contribution in [3.8, 4) is 39.9 Å². The van der Waals surface area contributed by atoms with Gasteiger partial charge in [-0.25, -0.2) is 15.0 Å². The molecular formula is C57H32N4OS. The Labute approximate surface area is 363 Å². The Morgan fingerprint density at radius 1 is 0.381 bits per heavy atom. The van der Waals surface area contributed by atoms with E-state index in [0.717, 1.165) is 70.8 Å². The van der Waals surface area contributed by atoms with Gasteiger partial charge < -0.3 is 8.98 Å². The van der Waals surface area contributed by atoms with Crippen molar-refractivity contribution in [2.45, 2.75) is 0 Å². The predicted molar refractivity (Wildman–Crippen MR) is 263 cm³/mol. The van der Waals surface area contributed by atoms with E-state index in [-0.39, 0.29) is 0 Å². The quantitative estimate of drug-likeness (QED) is 0.177. The minimum atomic E-state index is 0.574. The number of rotatable bonds is 4. The van der Waals surface area contributed by atoms with Crippen LogP contribution < -0.4 is 0 Å². The summed E-state index contributed by atoms with van der Waals surface area (Å²) in [5.41, 5.74) is 7.54. The highest BCUT2D eigenvalue weighted by Crippen LogP contribution is 2.46. The lowest BCUT2D eigenvalue weighted by Gasteiger charge is -2.16. The molecule has 0 radical (unpaired) electrons. The molecule has 14 aromatic rings. The molecule has 0 aliphatic rings. The zero-order valence-corrected chi connectivity index (χ0v) is 34.4. The number of furan rings is 1. The van der Waals surface area contributed by atoms with Crippen molar-refractivity contribution in [2.75, 3.05) is 0 Å². The molecule has 0 N–H and O–H groups in total. The van der Waals surface area contributed by atoms with Crippen molar-refractivity contribution in [1.82, 2.24) is 19.5 Å². The van der Waals surface area contributed by atoms with Gasteiger partial charge >= 0.3 is 0 Å². The van der Waals surface area contributed by atoms with Crippen LogP contribution in [0.3, 0.4) is 0 Å². The molecule has 292 valence electrons. The number of aromatic nitrogens is 4. The highest BCUT2D eigenvalue weighted by molar-refractivity contribution is 7.26. The summed E-state index contributed by atoms with van der Waals surface area (Å²) in [6, 6.07) is 69.1. The molecule has 0 atom stereocenters. The van der Waals surface area contributed by atoms with E-state index in [1.807, 2.05) is 12.1 Å². The van der Waals surface area contributed by atoms with Crippen LogP contribution in [0, 0.1) is 0 Å². The molecule has 0 saturated carbocycles. The van der Waals surface area contributed by atoms with Crippen LogP contribution in [0.15, 0.2) is 199 Å². The predicted octanol–water partition coefficient (Wildman–Crippen LogP) is 15.7. The van der Waals surface area contributed by atoms with Crippen LogP contribution in [0.25, 0.3) is 136 Å². The normalized spacial score (nSPS) is 12.1. The molecule has 0 amide bonds. The van der Waals surface area contributed by atoms with Crippen molar-refractivity contribution in [3.63, 3.8) is 0 Å². The number of para-hydroxylation sites is 1. The Morgan fingerprint density at radius 3 is 1.86 bits per heavy atom. The van der Waals surface area contributed by atoms with Crippen molar-refractivity contribution in [1.29, 1.82) is 0 Å². The third kappa shape index (κ3) is 5.07. The second kappa shape index (κ2) is 13.2. The van der Waals surface area contributed by atoms with Gasteiger partial charge in [0.1, 0.15) is 11.2 Å². The van der Waals surface area contributed by atoms with Gasteiger partial charge in [-0.15, -0.1) is 11.3 Å². The average molecular weight is 821 g/mol. The number of benzene rings is 10. The lowest BCUT2D eigenvalue weighted by molar-refractivity contribution is 0.669. The van der Waals surface area contributed by atoms with Gasteiger partial charge in [-0.05, 0) is 80.8 Å². The number of hydrogen-bond donors (Lipinski definition) is 0. The summed E-state index contributed by atoms with van der Waals surface area (Å²) in [5.74, 6) is 1.81. The Kier molecular flexibility index (Phi) is 7.21. The Bertz CT molecular complexity index is 4230. The third-order valence-corrected chi connectivity index (χ3v) is 14.0. The lowest BCUT2D eigenvalue weighted by atomic mass is 10.0. The van der Waals surface area contributed by atoms with Crippen LogP contribution in [-0.2, 0) is 0 Å². The van der Waals surface area contributed by atoms with E-state index in [4.69, 9.17) is 19.4 Å². The van der Waals surface area contributed by atoms with Gasteiger partial charge in [0.05, 0.1) is 22.3 Å². The van der Waals surface area contributed by atoms with Gasteiger partial charge in [0.2, 0.25) is 0 Å². The maximum Gasteiger partial charge on any atom is 0.166 e. The molecule has 63 heavy (non-hydrogen) atoms. The van der Waals surface area contributed by atoms with Crippen LogP contribution in [0.2, 0.25) is 0 Å². The van der Waals surface area contributed by atoms with Crippen molar-refractivity contribution in [3.05, 3.63) is 194 Å². The van der Waals surface area contributed by atoms with Crippen LogP contribution >= 0.6 is 11.3 Å². The Morgan fingerprint density at radius 2 is 1.00 bits per heavy atom. The molecule has 5 nitrogen and oxygen atoms in total. The molecular weight excluding hydrogens is 789 g/mol. The second-order valence-electron chi connectivity index (χ2n) is 16.3. The largest absolute Gasteiger partial charge is 0.456 e. The van der Waals surface area contributed by atoms with Crippen LogP contribution in [0.4, 0.5) is 0 Å². The zero-order chi connectivity index (χ0) is 41.2. The summed E-state index contributed by atoms with van der Waals surface area (Å²) in [7, 11) is 0. The minimum Gasteiger partial charge on any atom is -0.456 e. The van der Waals surface area contributed by atoms with E-state index in [1.54, 1.807) is 11.3 Å². The van der Waals surface area contributed by atoms with Gasteiger partial charge in [-0.1, -0.05) is 146 Å². The first-order valence-electron chi connectivity index (χ1n) is 21.2. The second-order valence-corrected chi connectivity index (χ2v) is 17.3. The molecule has 14 rings (SSSR count). The van der Waals surface area contributed by atoms with Gasteiger partial charge in [0, 0.05) is 52.8 Å². The monoisotopic (exact) mass is 820 g/mol. The van der Waals surface area contributed by atoms with Gasteiger partial charge in [-0.3, -0.25) is 0 Å². The maximum atomic E-state index is 6.68. The smallest absolute Gasteiger partial charge is 0.166 e. The molecule has 6 heteroatoms. The fraction of sp³-hybridized carbons (Fsp3) is 0. The van der Waals surface area contributed by atoms with E-state index in [1.165, 1.54) is 47.8 Å². The number of fused-ring (bicyclic) bond motifs is 13. The molecule has 4 heterocycles. The van der Waals surface area contributed by atoms with Crippen molar-refractivity contribution < 1.29 is 4.42 Å². The zero-order valence-electron chi connectivity index (χ0n) is 33.6. The molecule has 0 unspecified atom stereocenters. The Hall–Kier alpha value is -8.19. The lowest BCUT2D eigenvalue weighted by Crippen LogP contribution is -2.04. The summed E-state index contributed by atoms with van der Waals surface area (Å²) in [5, 5.41) is 13.8. The van der Waals surface area contributed by atoms with E-state index in [2.05, 4.69) is 187 Å². The molecule has 4 aromatic heterocycles. The topological polar surface area (TPSA) is 56.7 Å². The average Bonchev–Trinajstić information content (AvgIpc) is 4.02. The summed E-state index contributed by atoms with van der Waals surface area (Å²) in [4.78, 5) is 16.6. The van der Waals surface area contributed by atoms with E-state index >= 15 is 0 Å². The summed E-state index contributed by atoms with van der Waals surface area (Å²) < 4.78 is 11.5. The van der Waals surface area contributed by atoms with Crippen LogP contribution in [-0.4, -0.2) is 19.5 Å². The molecule has 0 bridgehead atoms. The summed E-state index contributed by atoms with van der Waals surface area (Å²) >= 11 is 1.78. The molecule has 0 spiro atoms. The van der Waals surface area contributed by atoms with Gasteiger partial charge in [0.15, 0.2) is 17.5 Å². The first-order valence-corrected chi connectivity index (χ1v) is 22.0. The number of nitrogens with zero attached hydrogens (tertiary/aromatic N) is 4. The van der Waals surface area contributed by atoms with Crippen LogP contribution in [0.5, 0.6) is 0 Å². The third-order valence-electron chi connectivity index (χ3n) is 12.8. The van der Waals surface area contributed by atoms with Crippen molar-refractivity contribution in [2.24, 2.45) is 0 Å². The number of thiophene rings is 1. The van der Waals surface area contributed by atoms with E-state index in [9.17, 15) is 0 Å². The van der Waals surface area contributed by atoms with Gasteiger partial charge in [0.25, 0.3) is 0 Å². The van der Waals surface area contributed by atoms with Gasteiger partial charge in [-0.2, -0.15) is 0 Å². The molecule has 0 fully saturated rings. The summed E-state index contributed by atoms with van der Waals surface area (Å²) in [6.45, 7) is 0. The van der Waals surface area contributed by atoms with Crippen molar-refractivity contribution >= 4 is 108 Å². The standard InChI is InChI=1S/C57H32N4OS/c1-2-16-36-32-47-44(31-35(36)15-1)51-38-19-6-4-14-34(38)27-28-45(51)61(47)46-29-30-49-52(42-21-7-9-25-48(42)62-49)53(46)57-59-55(41-23-11-17-33-13-3-5-18-37(33)41)58-56(60-57)43-24-12-22-40-39-20-8-10-26-50(39)63-54(40)43/h1-32H. The molecule has 0 aliphatic carbocycles. The highest BCUT2D eigenvalue weighted by atomic mass is 32.1. The first kappa shape index (κ1) is 34.5. The SMILES string of the molecule is c1ccc2cc3c(cc2c1)c1c2ccccc2ccc1n3-c1ccc2oc3ccccc3c2c1-c1nc(-c2cccc3ccccc23)nc(-c2cccc3c2sc2ccccc23)n1.